The molecule has 0 aliphatic rings. The van der Waals surface area contributed by atoms with Gasteiger partial charge in [0, 0.05) is 13.0 Å². The van der Waals surface area contributed by atoms with Gasteiger partial charge >= 0.3 is 5.97 Å². The molecule has 0 saturated heterocycles. The van der Waals surface area contributed by atoms with E-state index < -0.39 is 16.8 Å². The molecule has 0 spiro atoms. The zero-order chi connectivity index (χ0) is 17.5. The van der Waals surface area contributed by atoms with E-state index in [0.29, 0.717) is 11.3 Å². The molecular formula is C16H13N3O5. The minimum atomic E-state index is -0.685. The standard InChI is InChI=1S/C16H13N3O5/c1-11(20)24-13-8-6-12(7-9-13)10-17-18-16(21)14-4-2-3-5-15(14)19(22)23/h2-10H,1H3,(H,18,21)/b17-10-. The Morgan fingerprint density at radius 3 is 2.46 bits per heavy atom. The summed E-state index contributed by atoms with van der Waals surface area (Å²) >= 11 is 0. The van der Waals surface area contributed by atoms with Crippen molar-refractivity contribution < 1.29 is 19.2 Å². The summed E-state index contributed by atoms with van der Waals surface area (Å²) in [6.07, 6.45) is 1.37. The molecule has 8 nitrogen and oxygen atoms in total. The van der Waals surface area contributed by atoms with Crippen LogP contribution in [0.5, 0.6) is 5.75 Å². The van der Waals surface area contributed by atoms with E-state index in [9.17, 15) is 19.7 Å². The Labute approximate surface area is 136 Å². The second kappa shape index (κ2) is 7.63. The zero-order valence-corrected chi connectivity index (χ0v) is 12.6. The van der Waals surface area contributed by atoms with Crippen LogP contribution in [0.1, 0.15) is 22.8 Å². The van der Waals surface area contributed by atoms with Crippen LogP contribution < -0.4 is 10.2 Å². The van der Waals surface area contributed by atoms with E-state index in [4.69, 9.17) is 4.74 Å². The highest BCUT2D eigenvalue weighted by molar-refractivity contribution is 5.98. The van der Waals surface area contributed by atoms with Gasteiger partial charge in [-0.3, -0.25) is 19.7 Å². The summed E-state index contributed by atoms with van der Waals surface area (Å²) in [5.41, 5.74) is 2.50. The average molecular weight is 327 g/mol. The number of ether oxygens (including phenoxy) is 1. The largest absolute Gasteiger partial charge is 0.427 e. The Morgan fingerprint density at radius 1 is 1.17 bits per heavy atom. The second-order valence-corrected chi connectivity index (χ2v) is 4.64. The van der Waals surface area contributed by atoms with Gasteiger partial charge in [0.25, 0.3) is 11.6 Å². The maximum atomic E-state index is 11.9. The molecule has 2 aromatic carbocycles. The number of nitro groups is 1. The van der Waals surface area contributed by atoms with Crippen molar-refractivity contribution in [2.45, 2.75) is 6.92 Å². The van der Waals surface area contributed by atoms with Crippen molar-refractivity contribution in [2.24, 2.45) is 5.10 Å². The molecule has 122 valence electrons. The SMILES string of the molecule is CC(=O)Oc1ccc(/C=N\NC(=O)c2ccccc2[N+](=O)[O-])cc1. The molecule has 0 fully saturated rings. The topological polar surface area (TPSA) is 111 Å². The monoisotopic (exact) mass is 327 g/mol. The van der Waals surface area contributed by atoms with Crippen molar-refractivity contribution in [1.82, 2.24) is 5.43 Å². The van der Waals surface area contributed by atoms with E-state index in [1.54, 1.807) is 24.3 Å². The molecule has 0 radical (unpaired) electrons. The lowest BCUT2D eigenvalue weighted by Crippen LogP contribution is -2.18. The summed E-state index contributed by atoms with van der Waals surface area (Å²) in [5, 5.41) is 14.6. The fourth-order valence-electron chi connectivity index (χ4n) is 1.84. The number of nitro benzene ring substituents is 1. The predicted octanol–water partition coefficient (Wildman–Crippen LogP) is 2.28. The molecule has 0 atom stereocenters. The van der Waals surface area contributed by atoms with Crippen molar-refractivity contribution in [2.75, 3.05) is 0 Å². The van der Waals surface area contributed by atoms with Gasteiger partial charge < -0.3 is 4.74 Å². The van der Waals surface area contributed by atoms with Gasteiger partial charge in [-0.1, -0.05) is 12.1 Å². The number of carbonyl (C=O) groups excluding carboxylic acids is 2. The number of esters is 1. The summed E-state index contributed by atoms with van der Waals surface area (Å²) in [6, 6.07) is 12.0. The lowest BCUT2D eigenvalue weighted by molar-refractivity contribution is -0.385. The van der Waals surface area contributed by atoms with Crippen molar-refractivity contribution >= 4 is 23.8 Å². The van der Waals surface area contributed by atoms with Crippen LogP contribution in [0.3, 0.4) is 0 Å². The number of hydrogen-bond acceptors (Lipinski definition) is 6. The third-order valence-electron chi connectivity index (χ3n) is 2.87. The van der Waals surface area contributed by atoms with Gasteiger partial charge in [-0.2, -0.15) is 5.10 Å². The molecule has 1 amide bonds. The number of carbonyl (C=O) groups is 2. The number of hydrogen-bond donors (Lipinski definition) is 1. The summed E-state index contributed by atoms with van der Waals surface area (Å²) in [5.74, 6) is -0.716. The molecular weight excluding hydrogens is 314 g/mol. The van der Waals surface area contributed by atoms with E-state index in [2.05, 4.69) is 10.5 Å². The van der Waals surface area contributed by atoms with Gasteiger partial charge in [-0.15, -0.1) is 0 Å². The van der Waals surface area contributed by atoms with E-state index in [1.165, 1.54) is 37.4 Å². The fraction of sp³-hybridized carbons (Fsp3) is 0.0625. The Bertz CT molecular complexity index is 800. The molecule has 0 aromatic heterocycles. The Morgan fingerprint density at radius 2 is 1.83 bits per heavy atom. The lowest BCUT2D eigenvalue weighted by atomic mass is 10.2. The first-order valence-electron chi connectivity index (χ1n) is 6.82. The van der Waals surface area contributed by atoms with Crippen LogP contribution in [0, 0.1) is 10.1 Å². The van der Waals surface area contributed by atoms with Crippen molar-refractivity contribution in [3.8, 4) is 5.75 Å². The highest BCUT2D eigenvalue weighted by Gasteiger charge is 2.18. The fourth-order valence-corrected chi connectivity index (χ4v) is 1.84. The maximum absolute atomic E-state index is 11.9. The van der Waals surface area contributed by atoms with E-state index >= 15 is 0 Å². The normalized spacial score (nSPS) is 10.4. The number of rotatable bonds is 5. The van der Waals surface area contributed by atoms with Gasteiger partial charge in [0.2, 0.25) is 0 Å². The molecule has 2 aromatic rings. The minimum Gasteiger partial charge on any atom is -0.427 e. The first-order valence-corrected chi connectivity index (χ1v) is 6.82. The number of para-hydroxylation sites is 1. The first-order chi connectivity index (χ1) is 11.5. The first kappa shape index (κ1) is 16.8. The minimum absolute atomic E-state index is 0.0788. The van der Waals surface area contributed by atoms with Gasteiger partial charge in [0.15, 0.2) is 0 Å². The smallest absolute Gasteiger partial charge is 0.308 e. The van der Waals surface area contributed by atoms with Crippen LogP contribution in [0.2, 0.25) is 0 Å². The quantitative estimate of drug-likeness (QED) is 0.298. The average Bonchev–Trinajstić information content (AvgIpc) is 2.56. The third kappa shape index (κ3) is 4.47. The van der Waals surface area contributed by atoms with Crippen LogP contribution in [0.25, 0.3) is 0 Å². The van der Waals surface area contributed by atoms with Crippen molar-refractivity contribution in [1.29, 1.82) is 0 Å². The Hall–Kier alpha value is -3.55. The van der Waals surface area contributed by atoms with Crippen molar-refractivity contribution in [3.05, 3.63) is 69.8 Å². The highest BCUT2D eigenvalue weighted by atomic mass is 16.6. The molecule has 0 saturated carbocycles. The lowest BCUT2D eigenvalue weighted by Gasteiger charge is -2.02. The Kier molecular flexibility index (Phi) is 5.35. The van der Waals surface area contributed by atoms with Gasteiger partial charge in [0.1, 0.15) is 11.3 Å². The van der Waals surface area contributed by atoms with E-state index in [1.807, 2.05) is 0 Å². The molecule has 1 N–H and O–H groups in total. The van der Waals surface area contributed by atoms with Crippen LogP contribution in [0.15, 0.2) is 53.6 Å². The van der Waals surface area contributed by atoms with Crippen LogP contribution >= 0.6 is 0 Å². The van der Waals surface area contributed by atoms with Crippen LogP contribution in [-0.4, -0.2) is 23.0 Å². The molecule has 0 aliphatic carbocycles. The molecule has 0 bridgehead atoms. The molecule has 24 heavy (non-hydrogen) atoms. The third-order valence-corrected chi connectivity index (χ3v) is 2.87. The molecule has 0 aliphatic heterocycles. The van der Waals surface area contributed by atoms with Crippen molar-refractivity contribution in [3.63, 3.8) is 0 Å². The number of amides is 1. The number of benzene rings is 2. The highest BCUT2D eigenvalue weighted by Crippen LogP contribution is 2.17. The van der Waals surface area contributed by atoms with Crippen LogP contribution in [0.4, 0.5) is 5.69 Å². The summed E-state index contributed by atoms with van der Waals surface area (Å²) in [6.45, 7) is 1.30. The second-order valence-electron chi connectivity index (χ2n) is 4.64. The molecule has 2 rings (SSSR count). The van der Waals surface area contributed by atoms with Gasteiger partial charge in [-0.25, -0.2) is 5.43 Å². The number of nitrogens with zero attached hydrogens (tertiary/aromatic N) is 2. The predicted molar refractivity (Wildman–Crippen MR) is 85.9 cm³/mol. The maximum Gasteiger partial charge on any atom is 0.308 e. The molecule has 0 heterocycles. The number of hydrazone groups is 1. The van der Waals surface area contributed by atoms with E-state index in [-0.39, 0.29) is 11.3 Å². The summed E-state index contributed by atoms with van der Waals surface area (Å²) < 4.78 is 4.89. The zero-order valence-electron chi connectivity index (χ0n) is 12.6. The summed E-state index contributed by atoms with van der Waals surface area (Å²) in [7, 11) is 0. The van der Waals surface area contributed by atoms with E-state index in [0.717, 1.165) is 0 Å². The van der Waals surface area contributed by atoms with Gasteiger partial charge in [0.05, 0.1) is 11.1 Å². The van der Waals surface area contributed by atoms with Crippen LogP contribution in [-0.2, 0) is 4.79 Å². The number of nitrogens with one attached hydrogen (secondary N) is 1. The van der Waals surface area contributed by atoms with Gasteiger partial charge in [-0.05, 0) is 35.9 Å². The molecule has 0 unspecified atom stereocenters. The Balaban J connectivity index is 2.02. The summed E-state index contributed by atoms with van der Waals surface area (Å²) in [4.78, 5) is 33.0. The molecule has 8 heteroatoms.